The first-order chi connectivity index (χ1) is 13.7. The van der Waals surface area contributed by atoms with Crippen LogP contribution >= 0.6 is 0 Å². The maximum absolute atomic E-state index is 12.9. The molecule has 0 heterocycles. The van der Waals surface area contributed by atoms with Crippen molar-refractivity contribution in [2.45, 2.75) is 25.7 Å². The van der Waals surface area contributed by atoms with Crippen LogP contribution in [0.1, 0.15) is 19.4 Å². The van der Waals surface area contributed by atoms with Gasteiger partial charge in [0.15, 0.2) is 0 Å². The number of ether oxygens (including phenoxy) is 1. The zero-order chi connectivity index (χ0) is 21.6. The summed E-state index contributed by atoms with van der Waals surface area (Å²) >= 11 is 0. The molecule has 0 aliphatic rings. The fourth-order valence-electron chi connectivity index (χ4n) is 2.73. The fourth-order valence-corrected chi connectivity index (χ4v) is 4.22. The van der Waals surface area contributed by atoms with Crippen LogP contribution in [-0.4, -0.2) is 44.7 Å². The van der Waals surface area contributed by atoms with Crippen molar-refractivity contribution >= 4 is 33.2 Å². The highest BCUT2D eigenvalue weighted by molar-refractivity contribution is 7.89. The first-order valence-electron chi connectivity index (χ1n) is 8.99. The first kappa shape index (κ1) is 22.4. The van der Waals surface area contributed by atoms with Crippen LogP contribution in [0.15, 0.2) is 47.4 Å². The highest BCUT2D eigenvalue weighted by Crippen LogP contribution is 2.23. The Kier molecular flexibility index (Phi) is 7.35. The minimum Gasteiger partial charge on any atom is -0.496 e. The lowest BCUT2D eigenvalue weighted by molar-refractivity contribution is -0.116. The number of benzene rings is 2. The molecule has 2 N–H and O–H groups in total. The summed E-state index contributed by atoms with van der Waals surface area (Å²) < 4.78 is 32.1. The van der Waals surface area contributed by atoms with Gasteiger partial charge in [-0.05, 0) is 55.0 Å². The van der Waals surface area contributed by atoms with E-state index in [0.29, 0.717) is 22.7 Å². The summed E-state index contributed by atoms with van der Waals surface area (Å²) in [5.74, 6) is -0.0697. The molecule has 0 saturated heterocycles. The van der Waals surface area contributed by atoms with Crippen molar-refractivity contribution in [1.82, 2.24) is 4.31 Å². The fraction of sp³-hybridized carbons (Fsp3) is 0.300. The molecule has 0 atom stereocenters. The van der Waals surface area contributed by atoms with E-state index < -0.39 is 15.9 Å². The molecule has 8 nitrogen and oxygen atoms in total. The molecule has 29 heavy (non-hydrogen) atoms. The Hall–Kier alpha value is -2.91. The largest absolute Gasteiger partial charge is 0.496 e. The SMILES string of the molecule is CCN(CC(=O)Nc1ccc(NC(C)=O)cc1)S(=O)(=O)c1ccc(OC)c(C)c1. The molecular weight excluding hydrogens is 394 g/mol. The Morgan fingerprint density at radius 2 is 1.62 bits per heavy atom. The van der Waals surface area contributed by atoms with Gasteiger partial charge in [0, 0.05) is 24.8 Å². The highest BCUT2D eigenvalue weighted by Gasteiger charge is 2.26. The lowest BCUT2D eigenvalue weighted by atomic mass is 10.2. The standard InChI is InChI=1S/C20H25N3O5S/c1-5-23(29(26,27)18-10-11-19(28-4)14(2)12-18)13-20(25)22-17-8-6-16(7-9-17)21-15(3)24/h6-12H,5,13H2,1-4H3,(H,21,24)(H,22,25). The molecule has 0 spiro atoms. The van der Waals surface area contributed by atoms with E-state index in [0.717, 1.165) is 4.31 Å². The predicted octanol–water partition coefficient (Wildman–Crippen LogP) is 2.61. The molecular formula is C20H25N3O5S. The number of likely N-dealkylation sites (N-methyl/N-ethyl adjacent to an activating group) is 1. The number of sulfonamides is 1. The molecule has 0 saturated carbocycles. The third kappa shape index (κ3) is 5.78. The lowest BCUT2D eigenvalue weighted by Gasteiger charge is -2.20. The molecule has 0 aliphatic carbocycles. The summed E-state index contributed by atoms with van der Waals surface area (Å²) in [4.78, 5) is 23.5. The van der Waals surface area contributed by atoms with Gasteiger partial charge in [-0.15, -0.1) is 0 Å². The van der Waals surface area contributed by atoms with Gasteiger partial charge in [0.05, 0.1) is 18.6 Å². The maximum Gasteiger partial charge on any atom is 0.243 e. The average molecular weight is 420 g/mol. The molecule has 2 amide bonds. The van der Waals surface area contributed by atoms with E-state index >= 15 is 0 Å². The summed E-state index contributed by atoms with van der Waals surface area (Å²) in [6, 6.07) is 11.1. The molecule has 9 heteroatoms. The van der Waals surface area contributed by atoms with Crippen molar-refractivity contribution in [2.75, 3.05) is 30.8 Å². The van der Waals surface area contributed by atoms with Crippen molar-refractivity contribution in [3.05, 3.63) is 48.0 Å². The van der Waals surface area contributed by atoms with Crippen LogP contribution in [0.25, 0.3) is 0 Å². The van der Waals surface area contributed by atoms with E-state index in [1.807, 2.05) is 0 Å². The smallest absolute Gasteiger partial charge is 0.243 e. The van der Waals surface area contributed by atoms with E-state index in [1.54, 1.807) is 44.2 Å². The number of carbonyl (C=O) groups is 2. The number of methoxy groups -OCH3 is 1. The van der Waals surface area contributed by atoms with Gasteiger partial charge in [-0.1, -0.05) is 6.92 Å². The van der Waals surface area contributed by atoms with Crippen molar-refractivity contribution < 1.29 is 22.7 Å². The molecule has 2 rings (SSSR count). The van der Waals surface area contributed by atoms with Gasteiger partial charge in [-0.3, -0.25) is 9.59 Å². The van der Waals surface area contributed by atoms with Crippen molar-refractivity contribution in [3.8, 4) is 5.75 Å². The Balaban J connectivity index is 2.10. The number of rotatable bonds is 8. The van der Waals surface area contributed by atoms with E-state index in [4.69, 9.17) is 4.74 Å². The number of nitrogens with zero attached hydrogens (tertiary/aromatic N) is 1. The van der Waals surface area contributed by atoms with Crippen LogP contribution in [0.2, 0.25) is 0 Å². The van der Waals surface area contributed by atoms with Gasteiger partial charge in [-0.2, -0.15) is 4.31 Å². The summed E-state index contributed by atoms with van der Waals surface area (Å²) in [6.45, 7) is 4.65. The molecule has 0 aromatic heterocycles. The average Bonchev–Trinajstić information content (AvgIpc) is 2.67. The summed E-state index contributed by atoms with van der Waals surface area (Å²) in [5.41, 5.74) is 1.79. The van der Waals surface area contributed by atoms with Crippen LogP contribution in [0.4, 0.5) is 11.4 Å². The monoisotopic (exact) mass is 419 g/mol. The van der Waals surface area contributed by atoms with Crippen LogP contribution in [0.3, 0.4) is 0 Å². The Morgan fingerprint density at radius 3 is 2.10 bits per heavy atom. The normalized spacial score (nSPS) is 11.2. The lowest BCUT2D eigenvalue weighted by Crippen LogP contribution is -2.37. The Bertz CT molecular complexity index is 988. The minimum atomic E-state index is -3.84. The quantitative estimate of drug-likeness (QED) is 0.684. The van der Waals surface area contributed by atoms with Crippen molar-refractivity contribution in [3.63, 3.8) is 0 Å². The highest BCUT2D eigenvalue weighted by atomic mass is 32.2. The second-order valence-corrected chi connectivity index (χ2v) is 8.31. The minimum absolute atomic E-state index is 0.102. The van der Waals surface area contributed by atoms with Gasteiger partial charge in [-0.25, -0.2) is 8.42 Å². The van der Waals surface area contributed by atoms with Crippen molar-refractivity contribution in [1.29, 1.82) is 0 Å². The molecule has 2 aromatic carbocycles. The third-order valence-corrected chi connectivity index (χ3v) is 6.08. The molecule has 0 radical (unpaired) electrons. The molecule has 0 unspecified atom stereocenters. The summed E-state index contributed by atoms with van der Waals surface area (Å²) in [5, 5.41) is 5.29. The van der Waals surface area contributed by atoms with E-state index in [1.165, 1.54) is 26.2 Å². The Morgan fingerprint density at radius 1 is 1.03 bits per heavy atom. The topological polar surface area (TPSA) is 105 Å². The van der Waals surface area contributed by atoms with Crippen LogP contribution in [0, 0.1) is 6.92 Å². The summed E-state index contributed by atoms with van der Waals surface area (Å²) in [7, 11) is -2.32. The van der Waals surface area contributed by atoms with Crippen molar-refractivity contribution in [2.24, 2.45) is 0 Å². The number of aryl methyl sites for hydroxylation is 1. The van der Waals surface area contributed by atoms with E-state index in [9.17, 15) is 18.0 Å². The van der Waals surface area contributed by atoms with E-state index in [2.05, 4.69) is 10.6 Å². The number of hydrogen-bond acceptors (Lipinski definition) is 5. The second-order valence-electron chi connectivity index (χ2n) is 6.37. The number of nitrogens with one attached hydrogen (secondary N) is 2. The van der Waals surface area contributed by atoms with Crippen LogP contribution < -0.4 is 15.4 Å². The molecule has 156 valence electrons. The third-order valence-electron chi connectivity index (χ3n) is 4.17. The van der Waals surface area contributed by atoms with Gasteiger partial charge < -0.3 is 15.4 Å². The van der Waals surface area contributed by atoms with Gasteiger partial charge in [0.2, 0.25) is 21.8 Å². The maximum atomic E-state index is 12.9. The number of amides is 2. The molecule has 0 aliphatic heterocycles. The van der Waals surface area contributed by atoms with Gasteiger partial charge in [0.25, 0.3) is 0 Å². The van der Waals surface area contributed by atoms with Crippen LogP contribution in [-0.2, 0) is 19.6 Å². The number of anilines is 2. The zero-order valence-corrected chi connectivity index (χ0v) is 17.7. The Labute approximate surface area is 170 Å². The molecule has 0 bridgehead atoms. The zero-order valence-electron chi connectivity index (χ0n) is 16.9. The molecule has 2 aromatic rings. The van der Waals surface area contributed by atoms with Gasteiger partial charge >= 0.3 is 0 Å². The number of carbonyl (C=O) groups excluding carboxylic acids is 2. The van der Waals surface area contributed by atoms with Crippen LogP contribution in [0.5, 0.6) is 5.75 Å². The first-order valence-corrected chi connectivity index (χ1v) is 10.4. The predicted molar refractivity (Wildman–Crippen MR) is 112 cm³/mol. The van der Waals surface area contributed by atoms with E-state index in [-0.39, 0.29) is 23.9 Å². The summed E-state index contributed by atoms with van der Waals surface area (Å²) in [6.07, 6.45) is 0. The van der Waals surface area contributed by atoms with Gasteiger partial charge in [0.1, 0.15) is 5.75 Å². The second kappa shape index (κ2) is 9.53. The number of hydrogen-bond donors (Lipinski definition) is 2. The molecule has 0 fully saturated rings.